The molecular formula is C25H22N2O4S. The highest BCUT2D eigenvalue weighted by Crippen LogP contribution is 2.31. The van der Waals surface area contributed by atoms with Gasteiger partial charge in [0, 0.05) is 0 Å². The first-order valence-electron chi connectivity index (χ1n) is 10.00. The predicted molar refractivity (Wildman–Crippen MR) is 125 cm³/mol. The van der Waals surface area contributed by atoms with Crippen LogP contribution in [0.5, 0.6) is 5.75 Å². The minimum absolute atomic E-state index is 0.207. The molecule has 0 aliphatic carbocycles. The molecule has 0 saturated carbocycles. The average molecular weight is 447 g/mol. The number of carbonyl (C=O) groups excluding carboxylic acids is 1. The van der Waals surface area contributed by atoms with Crippen LogP contribution in [-0.2, 0) is 9.53 Å². The number of aromatic nitrogens is 1. The second-order valence-electron chi connectivity index (χ2n) is 7.14. The van der Waals surface area contributed by atoms with Crippen LogP contribution in [0.2, 0.25) is 0 Å². The molecule has 162 valence electrons. The molecule has 1 unspecified atom stereocenters. The molecule has 1 aromatic heterocycles. The zero-order valence-corrected chi connectivity index (χ0v) is 18.8. The molecule has 2 heterocycles. The Hall–Kier alpha value is -3.71. The molecule has 1 aliphatic heterocycles. The smallest absolute Gasteiger partial charge is 0.338 e. The Balaban J connectivity index is 1.86. The number of methoxy groups -OCH3 is 2. The van der Waals surface area contributed by atoms with E-state index in [-0.39, 0.29) is 5.56 Å². The first kappa shape index (κ1) is 21.5. The number of esters is 1. The van der Waals surface area contributed by atoms with Crippen LogP contribution in [0.3, 0.4) is 0 Å². The first-order chi connectivity index (χ1) is 15.5. The van der Waals surface area contributed by atoms with Crippen LogP contribution in [0.15, 0.2) is 81.7 Å². The van der Waals surface area contributed by atoms with Gasteiger partial charge in [0.15, 0.2) is 4.80 Å². The molecule has 0 amide bonds. The molecule has 2 aromatic carbocycles. The summed E-state index contributed by atoms with van der Waals surface area (Å²) in [5, 5.41) is 0. The van der Waals surface area contributed by atoms with Crippen LogP contribution in [0.4, 0.5) is 0 Å². The molecule has 7 heteroatoms. The van der Waals surface area contributed by atoms with Gasteiger partial charge >= 0.3 is 5.97 Å². The maximum absolute atomic E-state index is 13.4. The van der Waals surface area contributed by atoms with Gasteiger partial charge in [0.25, 0.3) is 5.56 Å². The third-order valence-electron chi connectivity index (χ3n) is 5.19. The van der Waals surface area contributed by atoms with Gasteiger partial charge in [-0.25, -0.2) is 9.79 Å². The summed E-state index contributed by atoms with van der Waals surface area (Å²) in [5.41, 5.74) is 2.48. The van der Waals surface area contributed by atoms with Gasteiger partial charge in [-0.2, -0.15) is 0 Å². The predicted octanol–water partition coefficient (Wildman–Crippen LogP) is 3.08. The number of benzene rings is 2. The number of hydrogen-bond donors (Lipinski definition) is 0. The number of fused-ring (bicyclic) bond motifs is 1. The van der Waals surface area contributed by atoms with Crippen molar-refractivity contribution in [3.8, 4) is 5.75 Å². The second kappa shape index (κ2) is 9.20. The van der Waals surface area contributed by atoms with Crippen molar-refractivity contribution in [1.29, 1.82) is 0 Å². The summed E-state index contributed by atoms with van der Waals surface area (Å²) in [6.45, 7) is 1.76. The molecule has 1 aliphatic rings. The summed E-state index contributed by atoms with van der Waals surface area (Å²) < 4.78 is 12.4. The highest BCUT2D eigenvalue weighted by atomic mass is 32.1. The fraction of sp³-hybridized carbons (Fsp3) is 0.160. The van der Waals surface area contributed by atoms with Crippen LogP contribution in [-0.4, -0.2) is 24.8 Å². The van der Waals surface area contributed by atoms with Gasteiger partial charge < -0.3 is 9.47 Å². The van der Waals surface area contributed by atoms with Crippen LogP contribution in [0, 0.1) is 0 Å². The summed E-state index contributed by atoms with van der Waals surface area (Å²) in [7, 11) is 2.91. The molecule has 0 fully saturated rings. The zero-order chi connectivity index (χ0) is 22.7. The molecule has 0 bridgehead atoms. The van der Waals surface area contributed by atoms with Crippen LogP contribution in [0.1, 0.15) is 24.1 Å². The number of nitrogens with zero attached hydrogens (tertiary/aromatic N) is 2. The van der Waals surface area contributed by atoms with E-state index >= 15 is 0 Å². The van der Waals surface area contributed by atoms with Crippen molar-refractivity contribution in [2.24, 2.45) is 4.99 Å². The third-order valence-corrected chi connectivity index (χ3v) is 6.20. The van der Waals surface area contributed by atoms with E-state index in [9.17, 15) is 9.59 Å². The van der Waals surface area contributed by atoms with Crippen molar-refractivity contribution in [3.63, 3.8) is 0 Å². The van der Waals surface area contributed by atoms with E-state index in [1.807, 2.05) is 54.6 Å². The fourth-order valence-corrected chi connectivity index (χ4v) is 4.62. The van der Waals surface area contributed by atoms with Gasteiger partial charge in [0.2, 0.25) is 0 Å². The van der Waals surface area contributed by atoms with Crippen molar-refractivity contribution < 1.29 is 14.3 Å². The molecule has 6 nitrogen and oxygen atoms in total. The number of allylic oxidation sites excluding steroid dienone is 2. The molecular weight excluding hydrogens is 424 g/mol. The normalized spacial score (nSPS) is 16.1. The standard InChI is InChI=1S/C25H22N2O4S/c1-16-21(24(29)31-3)22(18-12-14-19(30-2)15-13-18)27-23(28)20(32-25(27)26-16)11-7-10-17-8-5-4-6-9-17/h4-15,22H,1-3H3/b10-7+,20-11-. The van der Waals surface area contributed by atoms with Crippen LogP contribution < -0.4 is 19.6 Å². The quantitative estimate of drug-likeness (QED) is 0.565. The summed E-state index contributed by atoms with van der Waals surface area (Å²) in [6.07, 6.45) is 5.56. The highest BCUT2D eigenvalue weighted by molar-refractivity contribution is 7.07. The van der Waals surface area contributed by atoms with Gasteiger partial charge in [-0.3, -0.25) is 9.36 Å². The van der Waals surface area contributed by atoms with Crippen molar-refractivity contribution in [1.82, 2.24) is 4.57 Å². The van der Waals surface area contributed by atoms with Crippen LogP contribution >= 0.6 is 11.3 Å². The first-order valence-corrected chi connectivity index (χ1v) is 10.8. The highest BCUT2D eigenvalue weighted by Gasteiger charge is 2.32. The summed E-state index contributed by atoms with van der Waals surface area (Å²) in [4.78, 5) is 31.1. The molecule has 0 radical (unpaired) electrons. The Bertz CT molecular complexity index is 1380. The van der Waals surface area contributed by atoms with Crippen LogP contribution in [0.25, 0.3) is 12.2 Å². The lowest BCUT2D eigenvalue weighted by molar-refractivity contribution is -0.136. The molecule has 1 atom stereocenters. The van der Waals surface area contributed by atoms with Crippen molar-refractivity contribution in [3.05, 3.63) is 103 Å². The van der Waals surface area contributed by atoms with E-state index in [4.69, 9.17) is 9.47 Å². The fourth-order valence-electron chi connectivity index (χ4n) is 3.62. The largest absolute Gasteiger partial charge is 0.497 e. The van der Waals surface area contributed by atoms with E-state index in [1.165, 1.54) is 18.4 Å². The van der Waals surface area contributed by atoms with Gasteiger partial charge in [-0.1, -0.05) is 66.0 Å². The van der Waals surface area contributed by atoms with Crippen molar-refractivity contribution >= 4 is 29.5 Å². The number of hydrogen-bond acceptors (Lipinski definition) is 6. The Morgan fingerprint density at radius 1 is 1.09 bits per heavy atom. The van der Waals surface area contributed by atoms with Crippen molar-refractivity contribution in [2.75, 3.05) is 14.2 Å². The monoisotopic (exact) mass is 446 g/mol. The molecule has 0 spiro atoms. The zero-order valence-electron chi connectivity index (χ0n) is 17.9. The number of rotatable bonds is 5. The minimum atomic E-state index is -0.634. The minimum Gasteiger partial charge on any atom is -0.497 e. The molecule has 32 heavy (non-hydrogen) atoms. The van der Waals surface area contributed by atoms with Gasteiger partial charge in [0.1, 0.15) is 5.75 Å². The van der Waals surface area contributed by atoms with E-state index in [0.717, 1.165) is 11.1 Å². The summed E-state index contributed by atoms with van der Waals surface area (Å²) in [6, 6.07) is 16.5. The van der Waals surface area contributed by atoms with E-state index in [2.05, 4.69) is 4.99 Å². The lowest BCUT2D eigenvalue weighted by Crippen LogP contribution is -2.39. The molecule has 3 aromatic rings. The molecule has 0 saturated heterocycles. The number of thiazole rings is 1. The maximum Gasteiger partial charge on any atom is 0.338 e. The van der Waals surface area contributed by atoms with Gasteiger partial charge in [-0.15, -0.1) is 0 Å². The number of carbonyl (C=O) groups is 1. The Morgan fingerprint density at radius 2 is 1.81 bits per heavy atom. The Kier molecular flexibility index (Phi) is 6.18. The SMILES string of the molecule is COC(=O)C1=C(C)N=c2s/c(=C\C=C\c3ccccc3)c(=O)n2C1c1ccc(OC)cc1. The van der Waals surface area contributed by atoms with Gasteiger partial charge in [-0.05, 0) is 36.3 Å². The third kappa shape index (κ3) is 4.07. The molecule has 0 N–H and O–H groups in total. The lowest BCUT2D eigenvalue weighted by atomic mass is 9.96. The summed E-state index contributed by atoms with van der Waals surface area (Å²) >= 11 is 1.29. The van der Waals surface area contributed by atoms with E-state index in [0.29, 0.717) is 26.4 Å². The number of ether oxygens (including phenoxy) is 2. The van der Waals surface area contributed by atoms with E-state index < -0.39 is 12.0 Å². The second-order valence-corrected chi connectivity index (χ2v) is 8.15. The van der Waals surface area contributed by atoms with E-state index in [1.54, 1.807) is 36.8 Å². The average Bonchev–Trinajstić information content (AvgIpc) is 3.13. The Morgan fingerprint density at radius 3 is 2.47 bits per heavy atom. The summed E-state index contributed by atoms with van der Waals surface area (Å²) in [5.74, 6) is 0.179. The lowest BCUT2D eigenvalue weighted by Gasteiger charge is -2.24. The maximum atomic E-state index is 13.4. The molecule has 4 rings (SSSR count). The van der Waals surface area contributed by atoms with Crippen molar-refractivity contribution in [2.45, 2.75) is 13.0 Å². The topological polar surface area (TPSA) is 69.9 Å². The Labute approximate surface area is 189 Å². The van der Waals surface area contributed by atoms with Gasteiger partial charge in [0.05, 0.1) is 36.1 Å².